The molecule has 7 heteroatoms. The van der Waals surface area contributed by atoms with E-state index in [1.54, 1.807) is 12.1 Å². The summed E-state index contributed by atoms with van der Waals surface area (Å²) in [6.07, 6.45) is 0. The molecule has 0 aliphatic rings. The monoisotopic (exact) mass is 299 g/mol. The second-order valence-electron chi connectivity index (χ2n) is 3.03. The summed E-state index contributed by atoms with van der Waals surface area (Å²) in [5, 5.41) is 0.571. The van der Waals surface area contributed by atoms with Crippen LogP contribution in [0, 0.1) is 0 Å². The molecular weight excluding hydrogens is 293 g/mol. The van der Waals surface area contributed by atoms with Gasteiger partial charge in [0.1, 0.15) is 0 Å². The first-order chi connectivity index (χ1) is 7.54. The number of benzene rings is 1. The summed E-state index contributed by atoms with van der Waals surface area (Å²) in [6.45, 7) is 0. The van der Waals surface area contributed by atoms with Crippen LogP contribution in [-0.4, -0.2) is 15.0 Å². The Morgan fingerprint density at radius 2 is 1.62 bits per heavy atom. The van der Waals surface area contributed by atoms with E-state index in [9.17, 15) is 0 Å². The SMILES string of the molecule is Nc1nc(N)nc(-c2cc(Cl)cc(Br)c2)n1. The molecule has 0 bridgehead atoms. The third kappa shape index (κ3) is 2.40. The van der Waals surface area contributed by atoms with Crippen LogP contribution < -0.4 is 11.5 Å². The average molecular weight is 301 g/mol. The number of anilines is 2. The molecule has 1 heterocycles. The minimum Gasteiger partial charge on any atom is -0.368 e. The molecule has 0 fully saturated rings. The van der Waals surface area contributed by atoms with E-state index in [-0.39, 0.29) is 11.9 Å². The van der Waals surface area contributed by atoms with Gasteiger partial charge < -0.3 is 11.5 Å². The lowest BCUT2D eigenvalue weighted by Crippen LogP contribution is -2.04. The number of hydrogen-bond acceptors (Lipinski definition) is 5. The molecular formula is C9H7BrClN5. The minimum absolute atomic E-state index is 0.0820. The first-order valence-corrected chi connectivity index (χ1v) is 5.45. The molecule has 0 atom stereocenters. The summed E-state index contributed by atoms with van der Waals surface area (Å²) in [5.74, 6) is 0.561. The fourth-order valence-electron chi connectivity index (χ4n) is 1.22. The van der Waals surface area contributed by atoms with Crippen molar-refractivity contribution in [1.29, 1.82) is 0 Å². The number of nitrogen functional groups attached to an aromatic ring is 2. The Kier molecular flexibility index (Phi) is 2.93. The molecule has 2 rings (SSSR count). The maximum atomic E-state index is 5.92. The van der Waals surface area contributed by atoms with Crippen molar-refractivity contribution in [2.75, 3.05) is 11.5 Å². The van der Waals surface area contributed by atoms with Gasteiger partial charge in [0, 0.05) is 15.1 Å². The van der Waals surface area contributed by atoms with Crippen molar-refractivity contribution in [1.82, 2.24) is 15.0 Å². The second kappa shape index (κ2) is 4.23. The first-order valence-electron chi connectivity index (χ1n) is 4.28. The maximum absolute atomic E-state index is 5.92. The summed E-state index contributed by atoms with van der Waals surface area (Å²) in [6, 6.07) is 5.31. The van der Waals surface area contributed by atoms with Gasteiger partial charge in [0.25, 0.3) is 0 Å². The molecule has 0 aliphatic heterocycles. The molecule has 16 heavy (non-hydrogen) atoms. The fourth-order valence-corrected chi connectivity index (χ4v) is 2.08. The van der Waals surface area contributed by atoms with Gasteiger partial charge in [0.2, 0.25) is 11.9 Å². The lowest BCUT2D eigenvalue weighted by atomic mass is 10.2. The maximum Gasteiger partial charge on any atom is 0.225 e. The molecule has 1 aromatic heterocycles. The highest BCUT2D eigenvalue weighted by atomic mass is 79.9. The molecule has 1 aromatic carbocycles. The molecule has 0 radical (unpaired) electrons. The van der Waals surface area contributed by atoms with Gasteiger partial charge in [-0.2, -0.15) is 15.0 Å². The summed E-state index contributed by atoms with van der Waals surface area (Å²) >= 11 is 9.25. The Labute approximate surface area is 105 Å². The summed E-state index contributed by atoms with van der Waals surface area (Å²) < 4.78 is 0.826. The van der Waals surface area contributed by atoms with E-state index in [0.717, 1.165) is 10.0 Å². The summed E-state index contributed by atoms with van der Waals surface area (Å²) in [4.78, 5) is 11.7. The van der Waals surface area contributed by atoms with Crippen LogP contribution in [-0.2, 0) is 0 Å². The van der Waals surface area contributed by atoms with E-state index in [1.807, 2.05) is 6.07 Å². The molecule has 4 N–H and O–H groups in total. The standard InChI is InChI=1S/C9H7BrClN5/c10-5-1-4(2-6(11)3-5)7-14-8(12)16-9(13)15-7/h1-3H,(H4,12,13,14,15,16). The lowest BCUT2D eigenvalue weighted by Gasteiger charge is -2.03. The highest BCUT2D eigenvalue weighted by Crippen LogP contribution is 2.25. The third-order valence-corrected chi connectivity index (χ3v) is 2.47. The minimum atomic E-state index is 0.0820. The van der Waals surface area contributed by atoms with Crippen molar-refractivity contribution < 1.29 is 0 Å². The van der Waals surface area contributed by atoms with Gasteiger partial charge >= 0.3 is 0 Å². The Morgan fingerprint density at radius 3 is 2.19 bits per heavy atom. The van der Waals surface area contributed by atoms with Gasteiger partial charge in [-0.05, 0) is 18.2 Å². The van der Waals surface area contributed by atoms with Gasteiger partial charge in [-0.3, -0.25) is 0 Å². The number of hydrogen-bond donors (Lipinski definition) is 2. The summed E-state index contributed by atoms with van der Waals surface area (Å²) in [7, 11) is 0. The van der Waals surface area contributed by atoms with E-state index in [2.05, 4.69) is 30.9 Å². The van der Waals surface area contributed by atoms with Crippen molar-refractivity contribution in [3.63, 3.8) is 0 Å². The van der Waals surface area contributed by atoms with Crippen LogP contribution in [0.4, 0.5) is 11.9 Å². The molecule has 0 amide bonds. The normalized spacial score (nSPS) is 10.4. The van der Waals surface area contributed by atoms with Gasteiger partial charge in [0.15, 0.2) is 5.82 Å². The third-order valence-electron chi connectivity index (χ3n) is 1.79. The van der Waals surface area contributed by atoms with Gasteiger partial charge in [-0.15, -0.1) is 0 Å². The van der Waals surface area contributed by atoms with E-state index >= 15 is 0 Å². The van der Waals surface area contributed by atoms with Gasteiger partial charge in [0.05, 0.1) is 0 Å². The smallest absolute Gasteiger partial charge is 0.225 e. The average Bonchev–Trinajstić information content (AvgIpc) is 2.14. The zero-order chi connectivity index (χ0) is 11.7. The number of halogens is 2. The van der Waals surface area contributed by atoms with Crippen LogP contribution >= 0.6 is 27.5 Å². The van der Waals surface area contributed by atoms with E-state index in [0.29, 0.717) is 10.8 Å². The van der Waals surface area contributed by atoms with Crippen molar-refractivity contribution in [3.8, 4) is 11.4 Å². The molecule has 0 saturated carbocycles. The molecule has 5 nitrogen and oxygen atoms in total. The summed E-state index contributed by atoms with van der Waals surface area (Å²) in [5.41, 5.74) is 11.7. The number of rotatable bonds is 1. The van der Waals surface area contributed by atoms with Crippen LogP contribution in [0.1, 0.15) is 0 Å². The molecule has 82 valence electrons. The number of nitrogens with two attached hydrogens (primary N) is 2. The molecule has 0 aliphatic carbocycles. The zero-order valence-electron chi connectivity index (χ0n) is 7.98. The Hall–Kier alpha value is -1.40. The first kappa shape index (κ1) is 11.1. The Balaban J connectivity index is 2.57. The van der Waals surface area contributed by atoms with Crippen LogP contribution in [0.15, 0.2) is 22.7 Å². The van der Waals surface area contributed by atoms with Crippen molar-refractivity contribution in [3.05, 3.63) is 27.7 Å². The highest BCUT2D eigenvalue weighted by molar-refractivity contribution is 9.10. The fraction of sp³-hybridized carbons (Fsp3) is 0. The van der Waals surface area contributed by atoms with E-state index < -0.39 is 0 Å². The zero-order valence-corrected chi connectivity index (χ0v) is 10.3. The van der Waals surface area contributed by atoms with Gasteiger partial charge in [-0.25, -0.2) is 0 Å². The lowest BCUT2D eigenvalue weighted by molar-refractivity contribution is 1.09. The van der Waals surface area contributed by atoms with E-state index in [4.69, 9.17) is 23.1 Å². The van der Waals surface area contributed by atoms with Crippen LogP contribution in [0.2, 0.25) is 5.02 Å². The molecule has 0 unspecified atom stereocenters. The van der Waals surface area contributed by atoms with Crippen LogP contribution in [0.25, 0.3) is 11.4 Å². The molecule has 0 saturated heterocycles. The quantitative estimate of drug-likeness (QED) is 0.842. The number of aromatic nitrogens is 3. The number of nitrogens with zero attached hydrogens (tertiary/aromatic N) is 3. The van der Waals surface area contributed by atoms with Crippen molar-refractivity contribution >= 4 is 39.4 Å². The Bertz CT molecular complexity index is 455. The topological polar surface area (TPSA) is 90.7 Å². The predicted octanol–water partition coefficient (Wildman–Crippen LogP) is 2.12. The predicted molar refractivity (Wildman–Crippen MR) is 66.8 cm³/mol. The molecule has 0 spiro atoms. The highest BCUT2D eigenvalue weighted by Gasteiger charge is 2.06. The Morgan fingerprint density at radius 1 is 1.00 bits per heavy atom. The largest absolute Gasteiger partial charge is 0.368 e. The van der Waals surface area contributed by atoms with Crippen LogP contribution in [0.5, 0.6) is 0 Å². The van der Waals surface area contributed by atoms with Crippen molar-refractivity contribution in [2.45, 2.75) is 0 Å². The van der Waals surface area contributed by atoms with Crippen molar-refractivity contribution in [2.24, 2.45) is 0 Å². The van der Waals surface area contributed by atoms with Gasteiger partial charge in [-0.1, -0.05) is 27.5 Å². The molecule has 2 aromatic rings. The second-order valence-corrected chi connectivity index (χ2v) is 4.39. The van der Waals surface area contributed by atoms with Crippen LogP contribution in [0.3, 0.4) is 0 Å². The van der Waals surface area contributed by atoms with E-state index in [1.165, 1.54) is 0 Å².